The van der Waals surface area contributed by atoms with Gasteiger partial charge in [0.25, 0.3) is 0 Å². The summed E-state index contributed by atoms with van der Waals surface area (Å²) in [6.45, 7) is 4.79. The van der Waals surface area contributed by atoms with Gasteiger partial charge in [0.15, 0.2) is 5.17 Å². The second-order valence-electron chi connectivity index (χ2n) is 6.86. The Balaban J connectivity index is 2.02. The molecule has 2 aliphatic heterocycles. The van der Waals surface area contributed by atoms with Crippen molar-refractivity contribution in [1.29, 1.82) is 0 Å². The molecule has 0 radical (unpaired) electrons. The van der Waals surface area contributed by atoms with Gasteiger partial charge in [0, 0.05) is 32.1 Å². The zero-order valence-corrected chi connectivity index (χ0v) is 17.5. The fourth-order valence-electron chi connectivity index (χ4n) is 3.31. The van der Waals surface area contributed by atoms with Gasteiger partial charge in [0.2, 0.25) is 0 Å². The molecular weight excluding hydrogens is 376 g/mol. The summed E-state index contributed by atoms with van der Waals surface area (Å²) in [5.41, 5.74) is 2.86. The predicted octanol–water partition coefficient (Wildman–Crippen LogP) is 3.47. The first-order chi connectivity index (χ1) is 13.4. The average molecular weight is 403 g/mol. The van der Waals surface area contributed by atoms with E-state index in [2.05, 4.69) is 15.2 Å². The first-order valence-electron chi connectivity index (χ1n) is 9.36. The van der Waals surface area contributed by atoms with Gasteiger partial charge in [0.1, 0.15) is 0 Å². The van der Waals surface area contributed by atoms with Crippen molar-refractivity contribution in [2.45, 2.75) is 26.3 Å². The van der Waals surface area contributed by atoms with Crippen LogP contribution < -0.4 is 5.32 Å². The minimum absolute atomic E-state index is 0.200. The number of benzene rings is 1. The number of ether oxygens (including phenoxy) is 1. The molecule has 1 saturated heterocycles. The van der Waals surface area contributed by atoms with Gasteiger partial charge >= 0.3 is 12.0 Å². The number of urea groups is 1. The molecule has 7 nitrogen and oxygen atoms in total. The Morgan fingerprint density at radius 1 is 1.39 bits per heavy atom. The summed E-state index contributed by atoms with van der Waals surface area (Å²) in [6.07, 6.45) is 1.02. The summed E-state index contributed by atoms with van der Waals surface area (Å²) in [6, 6.07) is 7.14. The third-order valence-corrected chi connectivity index (χ3v) is 5.69. The molecule has 150 valence electrons. The smallest absolute Gasteiger partial charge is 0.338 e. The lowest BCUT2D eigenvalue weighted by molar-refractivity contribution is -0.139. The highest BCUT2D eigenvalue weighted by molar-refractivity contribution is 8.13. The Labute approximate surface area is 169 Å². The Morgan fingerprint density at radius 2 is 2.18 bits per heavy atom. The lowest BCUT2D eigenvalue weighted by atomic mass is 9.94. The summed E-state index contributed by atoms with van der Waals surface area (Å²) in [7, 11) is 3.39. The third kappa shape index (κ3) is 4.16. The molecule has 2 aliphatic rings. The van der Waals surface area contributed by atoms with Crippen LogP contribution in [0, 0.1) is 0 Å². The highest BCUT2D eigenvalue weighted by Crippen LogP contribution is 2.40. The molecule has 1 aromatic carbocycles. The van der Waals surface area contributed by atoms with Crippen LogP contribution in [-0.4, -0.2) is 60.0 Å². The van der Waals surface area contributed by atoms with Crippen LogP contribution in [0.3, 0.4) is 0 Å². The summed E-state index contributed by atoms with van der Waals surface area (Å²) in [5.74, 6) is 0.675. The molecule has 0 unspecified atom stereocenters. The van der Waals surface area contributed by atoms with Gasteiger partial charge in [-0.1, -0.05) is 23.9 Å². The van der Waals surface area contributed by atoms with Gasteiger partial charge in [-0.15, -0.1) is 0 Å². The van der Waals surface area contributed by atoms with Crippen LogP contribution in [0.4, 0.5) is 10.5 Å². The zero-order valence-electron chi connectivity index (χ0n) is 16.7. The van der Waals surface area contributed by atoms with E-state index >= 15 is 0 Å². The van der Waals surface area contributed by atoms with Crippen molar-refractivity contribution in [2.24, 2.45) is 4.99 Å². The van der Waals surface area contributed by atoms with E-state index in [1.54, 1.807) is 32.8 Å². The minimum atomic E-state index is -0.342. The monoisotopic (exact) mass is 402 g/mol. The summed E-state index contributed by atoms with van der Waals surface area (Å²) < 4.78 is 5.33. The van der Waals surface area contributed by atoms with Crippen LogP contribution in [0.1, 0.15) is 31.9 Å². The van der Waals surface area contributed by atoms with Crippen molar-refractivity contribution in [3.8, 4) is 0 Å². The number of nitrogens with zero attached hydrogens (tertiary/aromatic N) is 3. The van der Waals surface area contributed by atoms with E-state index in [0.29, 0.717) is 23.6 Å². The molecule has 2 heterocycles. The number of amidine groups is 1. The van der Waals surface area contributed by atoms with E-state index in [4.69, 9.17) is 4.74 Å². The molecular formula is C20H26N4O3S. The largest absolute Gasteiger partial charge is 0.463 e. The Morgan fingerprint density at radius 3 is 2.89 bits per heavy atom. The van der Waals surface area contributed by atoms with E-state index in [-0.39, 0.29) is 18.0 Å². The number of hydrogen-bond acceptors (Lipinski definition) is 6. The molecule has 8 heteroatoms. The number of carbonyl (C=O) groups excluding carboxylic acids is 2. The second-order valence-corrected chi connectivity index (χ2v) is 7.92. The molecule has 0 aliphatic carbocycles. The number of rotatable bonds is 4. The van der Waals surface area contributed by atoms with Crippen molar-refractivity contribution >= 4 is 34.6 Å². The summed E-state index contributed by atoms with van der Waals surface area (Å²) in [5, 5.41) is 3.81. The van der Waals surface area contributed by atoms with Gasteiger partial charge in [-0.05, 0) is 38.0 Å². The number of anilines is 1. The van der Waals surface area contributed by atoms with Gasteiger partial charge < -0.3 is 19.9 Å². The van der Waals surface area contributed by atoms with E-state index in [1.807, 2.05) is 31.2 Å². The Bertz CT molecular complexity index is 834. The number of esters is 1. The highest BCUT2D eigenvalue weighted by Gasteiger charge is 2.37. The lowest BCUT2D eigenvalue weighted by Crippen LogP contribution is -2.42. The molecule has 1 fully saturated rings. The fourth-order valence-corrected chi connectivity index (χ4v) is 4.33. The molecule has 3 rings (SSSR count). The molecule has 0 bridgehead atoms. The standard InChI is InChI=1S/C20H26N4O3S/c1-5-27-18(25)16-13(2)21-20-24(10-7-11-28-20)17(16)14-8-6-9-15(12-14)22-19(26)23(3)4/h6,8-9,12,17H,5,7,10-11H2,1-4H3,(H,22,26)/t17-/m0/s1. The van der Waals surface area contributed by atoms with Gasteiger partial charge in [-0.2, -0.15) is 0 Å². The fraction of sp³-hybridized carbons (Fsp3) is 0.450. The number of thioether (sulfide) groups is 1. The molecule has 0 aromatic heterocycles. The topological polar surface area (TPSA) is 74.2 Å². The van der Waals surface area contributed by atoms with Crippen LogP contribution >= 0.6 is 11.8 Å². The van der Waals surface area contributed by atoms with Crippen molar-refractivity contribution < 1.29 is 14.3 Å². The lowest BCUT2D eigenvalue weighted by Gasteiger charge is -2.40. The number of allylic oxidation sites excluding steroid dienone is 1. The third-order valence-electron chi connectivity index (χ3n) is 4.61. The second kappa shape index (κ2) is 8.68. The van der Waals surface area contributed by atoms with Crippen molar-refractivity contribution in [3.05, 3.63) is 41.1 Å². The number of fused-ring (bicyclic) bond motifs is 1. The maximum Gasteiger partial charge on any atom is 0.338 e. The molecule has 0 spiro atoms. The predicted molar refractivity (Wildman–Crippen MR) is 112 cm³/mol. The molecule has 2 amide bonds. The summed E-state index contributed by atoms with van der Waals surface area (Å²) >= 11 is 1.71. The molecule has 28 heavy (non-hydrogen) atoms. The van der Waals surface area contributed by atoms with Crippen molar-refractivity contribution in [2.75, 3.05) is 38.3 Å². The van der Waals surface area contributed by atoms with E-state index in [1.165, 1.54) is 4.90 Å². The van der Waals surface area contributed by atoms with Crippen LogP contribution in [0.2, 0.25) is 0 Å². The number of carbonyl (C=O) groups is 2. The number of hydrogen-bond donors (Lipinski definition) is 1. The average Bonchev–Trinajstić information content (AvgIpc) is 2.67. The minimum Gasteiger partial charge on any atom is -0.463 e. The van der Waals surface area contributed by atoms with Crippen molar-refractivity contribution in [3.63, 3.8) is 0 Å². The first kappa shape index (κ1) is 20.3. The first-order valence-corrected chi connectivity index (χ1v) is 10.3. The van der Waals surface area contributed by atoms with Crippen LogP contribution in [0.5, 0.6) is 0 Å². The van der Waals surface area contributed by atoms with E-state index in [0.717, 1.165) is 29.4 Å². The number of nitrogens with one attached hydrogen (secondary N) is 1. The Kier molecular flexibility index (Phi) is 6.28. The van der Waals surface area contributed by atoms with Crippen LogP contribution in [0.25, 0.3) is 0 Å². The highest BCUT2D eigenvalue weighted by atomic mass is 32.2. The van der Waals surface area contributed by atoms with Gasteiger partial charge in [-0.3, -0.25) is 0 Å². The van der Waals surface area contributed by atoms with E-state index in [9.17, 15) is 9.59 Å². The Hall–Kier alpha value is -2.48. The van der Waals surface area contributed by atoms with Crippen molar-refractivity contribution in [1.82, 2.24) is 9.80 Å². The zero-order chi connectivity index (χ0) is 20.3. The SMILES string of the molecule is CCOC(=O)C1=C(C)N=C2SCCCN2[C@H]1c1cccc(NC(=O)N(C)C)c1. The van der Waals surface area contributed by atoms with E-state index < -0.39 is 0 Å². The quantitative estimate of drug-likeness (QED) is 0.781. The maximum atomic E-state index is 12.8. The van der Waals surface area contributed by atoms with Gasteiger partial charge in [0.05, 0.1) is 23.9 Å². The molecule has 1 aromatic rings. The maximum absolute atomic E-state index is 12.8. The number of aliphatic imine (C=N–C) groups is 1. The molecule has 0 saturated carbocycles. The normalized spacial score (nSPS) is 18.9. The molecule has 1 N–H and O–H groups in total. The molecule has 1 atom stereocenters. The van der Waals surface area contributed by atoms with Crippen LogP contribution in [0.15, 0.2) is 40.5 Å². The number of amides is 2. The van der Waals surface area contributed by atoms with Gasteiger partial charge in [-0.25, -0.2) is 14.6 Å². The summed E-state index contributed by atoms with van der Waals surface area (Å²) in [4.78, 5) is 33.1. The van der Waals surface area contributed by atoms with Crippen LogP contribution in [-0.2, 0) is 9.53 Å².